The van der Waals surface area contributed by atoms with Crippen LogP contribution in [-0.4, -0.2) is 45.2 Å². The summed E-state index contributed by atoms with van der Waals surface area (Å²) < 4.78 is 0. The van der Waals surface area contributed by atoms with Gasteiger partial charge in [0.15, 0.2) is 5.69 Å². The van der Waals surface area contributed by atoms with Crippen LogP contribution >= 0.6 is 0 Å². The lowest BCUT2D eigenvalue weighted by molar-refractivity contribution is -0.118. The molecule has 0 aliphatic carbocycles. The van der Waals surface area contributed by atoms with Gasteiger partial charge in [0, 0.05) is 6.54 Å². The molecule has 0 saturated carbocycles. The summed E-state index contributed by atoms with van der Waals surface area (Å²) >= 11 is 0. The summed E-state index contributed by atoms with van der Waals surface area (Å²) in [6.45, 7) is 2.40. The number of unbranched alkanes of at least 4 members (excludes halogenated alkanes) is 1. The molecule has 0 saturated heterocycles. The number of carbonyl (C=O) groups excluding carboxylic acids is 2. The first-order chi connectivity index (χ1) is 7.65. The van der Waals surface area contributed by atoms with E-state index < -0.39 is 5.91 Å². The minimum atomic E-state index is -0.534. The van der Waals surface area contributed by atoms with Crippen LogP contribution in [0.2, 0.25) is 0 Å². The first-order valence-corrected chi connectivity index (χ1v) is 5.08. The molecular formula is C9H15N5O2. The Labute approximate surface area is 93.0 Å². The molecule has 0 radical (unpaired) electrons. The standard InChI is InChI=1S/C9H15N5O2/c1-2-3-4-14(6-8(10)15)9(16)7-5-11-13-12-7/h5H,2-4,6H2,1H3,(H2,10,15)(H,11,12,13). The van der Waals surface area contributed by atoms with E-state index in [0.29, 0.717) is 6.54 Å². The fourth-order valence-electron chi connectivity index (χ4n) is 1.26. The van der Waals surface area contributed by atoms with Crippen molar-refractivity contribution in [3.63, 3.8) is 0 Å². The average Bonchev–Trinajstić information content (AvgIpc) is 2.76. The highest BCUT2D eigenvalue weighted by Gasteiger charge is 2.19. The second-order valence-corrected chi connectivity index (χ2v) is 3.40. The SMILES string of the molecule is CCCCN(CC(N)=O)C(=O)c1cn[nH]n1. The van der Waals surface area contributed by atoms with Gasteiger partial charge >= 0.3 is 0 Å². The number of aromatic amines is 1. The molecule has 1 rings (SSSR count). The van der Waals surface area contributed by atoms with Crippen molar-refractivity contribution in [1.82, 2.24) is 20.3 Å². The molecule has 1 aromatic heterocycles. The topological polar surface area (TPSA) is 105 Å². The minimum absolute atomic E-state index is 0.0916. The van der Waals surface area contributed by atoms with Crippen LogP contribution in [0.4, 0.5) is 0 Å². The van der Waals surface area contributed by atoms with Crippen LogP contribution < -0.4 is 5.73 Å². The van der Waals surface area contributed by atoms with E-state index in [-0.39, 0.29) is 18.1 Å². The van der Waals surface area contributed by atoms with Crippen molar-refractivity contribution < 1.29 is 9.59 Å². The number of H-pyrrole nitrogens is 1. The number of hydrogen-bond acceptors (Lipinski definition) is 4. The maximum Gasteiger partial charge on any atom is 0.276 e. The van der Waals surface area contributed by atoms with Gasteiger partial charge in [-0.3, -0.25) is 9.59 Å². The molecule has 0 bridgehead atoms. The molecule has 2 amide bonds. The van der Waals surface area contributed by atoms with Gasteiger partial charge in [-0.05, 0) is 6.42 Å². The smallest absolute Gasteiger partial charge is 0.276 e. The van der Waals surface area contributed by atoms with Crippen LogP contribution in [0.1, 0.15) is 30.3 Å². The number of carbonyl (C=O) groups is 2. The van der Waals surface area contributed by atoms with Gasteiger partial charge in [0.25, 0.3) is 5.91 Å². The molecular weight excluding hydrogens is 210 g/mol. The number of amides is 2. The van der Waals surface area contributed by atoms with E-state index in [1.54, 1.807) is 0 Å². The van der Waals surface area contributed by atoms with Crippen LogP contribution in [-0.2, 0) is 4.79 Å². The van der Waals surface area contributed by atoms with Crippen LogP contribution in [0.5, 0.6) is 0 Å². The van der Waals surface area contributed by atoms with Crippen molar-refractivity contribution in [1.29, 1.82) is 0 Å². The molecule has 0 aliphatic heterocycles. The molecule has 16 heavy (non-hydrogen) atoms. The van der Waals surface area contributed by atoms with Gasteiger partial charge in [0.1, 0.15) is 0 Å². The van der Waals surface area contributed by atoms with Gasteiger partial charge in [-0.15, -0.1) is 0 Å². The first kappa shape index (κ1) is 12.2. The quantitative estimate of drug-likeness (QED) is 0.682. The Balaban J connectivity index is 2.67. The van der Waals surface area contributed by atoms with Crippen LogP contribution in [0.25, 0.3) is 0 Å². The van der Waals surface area contributed by atoms with Gasteiger partial charge in [-0.25, -0.2) is 0 Å². The molecule has 3 N–H and O–H groups in total. The summed E-state index contributed by atoms with van der Waals surface area (Å²) in [7, 11) is 0. The first-order valence-electron chi connectivity index (χ1n) is 5.08. The van der Waals surface area contributed by atoms with E-state index in [4.69, 9.17) is 5.73 Å². The van der Waals surface area contributed by atoms with E-state index >= 15 is 0 Å². The van der Waals surface area contributed by atoms with Gasteiger partial charge in [0.2, 0.25) is 5.91 Å². The Kier molecular flexibility index (Phi) is 4.43. The Bertz CT molecular complexity index is 349. The van der Waals surface area contributed by atoms with Crippen LogP contribution in [0.3, 0.4) is 0 Å². The maximum atomic E-state index is 11.8. The van der Waals surface area contributed by atoms with E-state index in [2.05, 4.69) is 15.4 Å². The monoisotopic (exact) mass is 225 g/mol. The number of nitrogens with one attached hydrogen (secondary N) is 1. The highest BCUT2D eigenvalue weighted by Crippen LogP contribution is 2.01. The molecule has 0 fully saturated rings. The molecule has 0 aliphatic rings. The van der Waals surface area contributed by atoms with E-state index in [9.17, 15) is 9.59 Å². The molecule has 7 nitrogen and oxygen atoms in total. The molecule has 88 valence electrons. The van der Waals surface area contributed by atoms with Crippen molar-refractivity contribution >= 4 is 11.8 Å². The van der Waals surface area contributed by atoms with Crippen molar-refractivity contribution in [2.75, 3.05) is 13.1 Å². The molecule has 7 heteroatoms. The predicted molar refractivity (Wildman–Crippen MR) is 56.4 cm³/mol. The predicted octanol–water partition coefficient (Wildman–Crippen LogP) is -0.468. The molecule has 0 unspecified atom stereocenters. The number of primary amides is 1. The summed E-state index contributed by atoms with van der Waals surface area (Å²) in [5, 5.41) is 9.57. The lowest BCUT2D eigenvalue weighted by Crippen LogP contribution is -2.39. The normalized spacial score (nSPS) is 10.1. The molecule has 1 aromatic rings. The number of nitrogens with two attached hydrogens (primary N) is 1. The number of aromatic nitrogens is 3. The van der Waals surface area contributed by atoms with Gasteiger partial charge < -0.3 is 10.6 Å². The fraction of sp³-hybridized carbons (Fsp3) is 0.556. The van der Waals surface area contributed by atoms with Gasteiger partial charge in [-0.2, -0.15) is 15.4 Å². The van der Waals surface area contributed by atoms with Gasteiger partial charge in [0.05, 0.1) is 12.7 Å². The lowest BCUT2D eigenvalue weighted by atomic mass is 10.3. The fourth-order valence-corrected chi connectivity index (χ4v) is 1.26. The number of hydrogen-bond donors (Lipinski definition) is 2. The summed E-state index contributed by atoms with van der Waals surface area (Å²) in [6.07, 6.45) is 3.07. The van der Waals surface area contributed by atoms with E-state index in [0.717, 1.165) is 12.8 Å². The maximum absolute atomic E-state index is 11.8. The third kappa shape index (κ3) is 3.34. The Hall–Kier alpha value is -1.92. The van der Waals surface area contributed by atoms with Gasteiger partial charge in [-0.1, -0.05) is 13.3 Å². The van der Waals surface area contributed by atoms with Crippen molar-refractivity contribution in [3.05, 3.63) is 11.9 Å². The third-order valence-corrected chi connectivity index (χ3v) is 2.05. The Morgan fingerprint density at radius 1 is 1.56 bits per heavy atom. The largest absolute Gasteiger partial charge is 0.368 e. The zero-order chi connectivity index (χ0) is 12.0. The summed E-state index contributed by atoms with van der Waals surface area (Å²) in [5.41, 5.74) is 5.27. The Morgan fingerprint density at radius 3 is 2.81 bits per heavy atom. The summed E-state index contributed by atoms with van der Waals surface area (Å²) in [6, 6.07) is 0. The van der Waals surface area contributed by atoms with E-state index in [1.165, 1.54) is 11.1 Å². The number of rotatable bonds is 6. The summed E-state index contributed by atoms with van der Waals surface area (Å²) in [4.78, 5) is 24.1. The van der Waals surface area contributed by atoms with Crippen molar-refractivity contribution in [3.8, 4) is 0 Å². The molecule has 0 spiro atoms. The van der Waals surface area contributed by atoms with Crippen molar-refractivity contribution in [2.45, 2.75) is 19.8 Å². The highest BCUT2D eigenvalue weighted by atomic mass is 16.2. The van der Waals surface area contributed by atoms with Crippen LogP contribution in [0.15, 0.2) is 6.20 Å². The summed E-state index contributed by atoms with van der Waals surface area (Å²) in [5.74, 6) is -0.867. The third-order valence-electron chi connectivity index (χ3n) is 2.05. The molecule has 0 atom stereocenters. The Morgan fingerprint density at radius 2 is 2.31 bits per heavy atom. The minimum Gasteiger partial charge on any atom is -0.368 e. The molecule has 1 heterocycles. The lowest BCUT2D eigenvalue weighted by Gasteiger charge is -2.19. The van der Waals surface area contributed by atoms with Crippen molar-refractivity contribution in [2.24, 2.45) is 5.73 Å². The average molecular weight is 225 g/mol. The highest BCUT2D eigenvalue weighted by molar-refractivity contribution is 5.94. The van der Waals surface area contributed by atoms with E-state index in [1.807, 2.05) is 6.92 Å². The zero-order valence-electron chi connectivity index (χ0n) is 9.14. The second-order valence-electron chi connectivity index (χ2n) is 3.40. The van der Waals surface area contributed by atoms with Crippen LogP contribution in [0, 0.1) is 0 Å². The number of nitrogens with zero attached hydrogens (tertiary/aromatic N) is 3. The zero-order valence-corrected chi connectivity index (χ0v) is 9.14. The molecule has 0 aromatic carbocycles. The second kappa shape index (κ2) is 5.84.